The first kappa shape index (κ1) is 28.5. The van der Waals surface area contributed by atoms with Gasteiger partial charge in [-0.2, -0.15) is 0 Å². The molecule has 0 bridgehead atoms. The van der Waals surface area contributed by atoms with Crippen LogP contribution in [0, 0.1) is 23.4 Å². The van der Waals surface area contributed by atoms with Gasteiger partial charge in [0.2, 0.25) is 5.91 Å². The van der Waals surface area contributed by atoms with Gasteiger partial charge >= 0.3 is 0 Å². The van der Waals surface area contributed by atoms with Crippen LogP contribution in [0.2, 0.25) is 5.02 Å². The summed E-state index contributed by atoms with van der Waals surface area (Å²) >= 11 is 6.44. The van der Waals surface area contributed by atoms with Crippen LogP contribution in [0.4, 0.5) is 24.5 Å². The fraction of sp³-hybridized carbons (Fsp3) is 0.387. The van der Waals surface area contributed by atoms with E-state index < -0.39 is 11.6 Å². The van der Waals surface area contributed by atoms with E-state index in [2.05, 4.69) is 20.0 Å². The number of amides is 1. The first-order valence-electron chi connectivity index (χ1n) is 13.8. The molecule has 2 atom stereocenters. The lowest BCUT2D eigenvalue weighted by Gasteiger charge is -2.47. The third-order valence-electron chi connectivity index (χ3n) is 8.05. The molecule has 1 N–H and O–H groups in total. The highest BCUT2D eigenvalue weighted by Crippen LogP contribution is 2.30. The van der Waals surface area contributed by atoms with E-state index >= 15 is 0 Å². The predicted molar refractivity (Wildman–Crippen MR) is 153 cm³/mol. The summed E-state index contributed by atoms with van der Waals surface area (Å²) in [5.74, 6) is -2.13. The molecule has 0 aliphatic carbocycles. The number of carbonyl (C=O) groups excluding carboxylic acids is 1. The number of hydrogen-bond donors (Lipinski definition) is 1. The zero-order valence-electron chi connectivity index (χ0n) is 22.3. The second-order valence-electron chi connectivity index (χ2n) is 10.6. The van der Waals surface area contributed by atoms with Crippen molar-refractivity contribution >= 4 is 28.9 Å². The van der Waals surface area contributed by atoms with Gasteiger partial charge in [-0.1, -0.05) is 41.9 Å². The fourth-order valence-electron chi connectivity index (χ4n) is 5.99. The van der Waals surface area contributed by atoms with Crippen LogP contribution in [0.25, 0.3) is 0 Å². The summed E-state index contributed by atoms with van der Waals surface area (Å²) in [6.45, 7) is 5.60. The van der Waals surface area contributed by atoms with E-state index in [0.29, 0.717) is 18.2 Å². The maximum absolute atomic E-state index is 14.4. The number of piperidine rings is 1. The van der Waals surface area contributed by atoms with E-state index in [1.165, 1.54) is 12.1 Å². The largest absolute Gasteiger partial charge is 0.367 e. The van der Waals surface area contributed by atoms with Gasteiger partial charge in [0, 0.05) is 68.5 Å². The molecule has 2 saturated heterocycles. The van der Waals surface area contributed by atoms with Crippen LogP contribution in [0.1, 0.15) is 24.8 Å². The third kappa shape index (κ3) is 6.97. The van der Waals surface area contributed by atoms with Gasteiger partial charge in [-0.05, 0) is 61.2 Å². The third-order valence-corrected chi connectivity index (χ3v) is 8.42. The van der Waals surface area contributed by atoms with Gasteiger partial charge in [0.25, 0.3) is 0 Å². The molecule has 9 heteroatoms. The van der Waals surface area contributed by atoms with Crippen molar-refractivity contribution in [3.05, 3.63) is 94.8 Å². The zero-order valence-corrected chi connectivity index (χ0v) is 23.1. The average molecular weight is 571 g/mol. The molecule has 2 aliphatic rings. The monoisotopic (exact) mass is 570 g/mol. The minimum absolute atomic E-state index is 0.200. The van der Waals surface area contributed by atoms with Crippen molar-refractivity contribution in [2.45, 2.75) is 31.8 Å². The Balaban J connectivity index is 1.24. The van der Waals surface area contributed by atoms with Gasteiger partial charge in [-0.15, -0.1) is 0 Å². The van der Waals surface area contributed by atoms with E-state index in [4.69, 9.17) is 11.6 Å². The molecule has 0 unspecified atom stereocenters. The minimum atomic E-state index is -0.991. The van der Waals surface area contributed by atoms with Gasteiger partial charge in [-0.25, -0.2) is 13.2 Å². The lowest BCUT2D eigenvalue weighted by atomic mass is 9.86. The van der Waals surface area contributed by atoms with Crippen molar-refractivity contribution in [2.75, 3.05) is 49.5 Å². The number of nitrogens with one attached hydrogen (secondary N) is 1. The first-order valence-corrected chi connectivity index (χ1v) is 14.2. The van der Waals surface area contributed by atoms with Crippen LogP contribution in [0.5, 0.6) is 0 Å². The summed E-state index contributed by atoms with van der Waals surface area (Å²) in [5.41, 5.74) is 1.96. The molecule has 0 radical (unpaired) electrons. The summed E-state index contributed by atoms with van der Waals surface area (Å²) in [7, 11) is 0. The summed E-state index contributed by atoms with van der Waals surface area (Å²) in [6, 6.07) is 18.4. The van der Waals surface area contributed by atoms with E-state index in [0.717, 1.165) is 75.0 Å². The molecule has 2 fully saturated rings. The predicted octanol–water partition coefficient (Wildman–Crippen LogP) is 6.19. The molecule has 5 nitrogen and oxygen atoms in total. The summed E-state index contributed by atoms with van der Waals surface area (Å²) in [5, 5.41) is 3.45. The molecular weight excluding hydrogens is 537 g/mol. The molecule has 2 aliphatic heterocycles. The second kappa shape index (κ2) is 13.1. The lowest BCUT2D eigenvalue weighted by molar-refractivity contribution is -0.116. The smallest absolute Gasteiger partial charge is 0.224 e. The van der Waals surface area contributed by atoms with Gasteiger partial charge in [0.1, 0.15) is 5.82 Å². The Morgan fingerprint density at radius 2 is 1.62 bits per heavy atom. The summed E-state index contributed by atoms with van der Waals surface area (Å²) in [6.07, 6.45) is 1.89. The van der Waals surface area contributed by atoms with Crippen molar-refractivity contribution in [1.29, 1.82) is 0 Å². The number of anilines is 2. The molecule has 212 valence electrons. The number of rotatable bonds is 8. The van der Waals surface area contributed by atoms with Crippen LogP contribution in [0.3, 0.4) is 0 Å². The Morgan fingerprint density at radius 3 is 2.38 bits per heavy atom. The maximum atomic E-state index is 14.4. The Labute approximate surface area is 238 Å². The highest BCUT2D eigenvalue weighted by atomic mass is 35.5. The molecule has 3 aromatic carbocycles. The normalized spacial score (nSPS) is 20.4. The molecule has 0 spiro atoms. The molecule has 2 heterocycles. The number of likely N-dealkylation sites (tertiary alicyclic amines) is 1. The number of nitrogens with zero attached hydrogens (tertiary/aromatic N) is 3. The van der Waals surface area contributed by atoms with Crippen molar-refractivity contribution < 1.29 is 18.0 Å². The molecule has 0 aromatic heterocycles. The Morgan fingerprint density at radius 1 is 0.875 bits per heavy atom. The van der Waals surface area contributed by atoms with Crippen molar-refractivity contribution in [1.82, 2.24) is 9.80 Å². The quantitative estimate of drug-likeness (QED) is 0.351. The van der Waals surface area contributed by atoms with Gasteiger partial charge in [0.15, 0.2) is 11.6 Å². The first-order chi connectivity index (χ1) is 19.4. The summed E-state index contributed by atoms with van der Waals surface area (Å²) in [4.78, 5) is 19.8. The Hall–Kier alpha value is -3.07. The van der Waals surface area contributed by atoms with E-state index in [-0.39, 0.29) is 29.8 Å². The van der Waals surface area contributed by atoms with E-state index in [9.17, 15) is 18.0 Å². The Kier molecular flexibility index (Phi) is 9.29. The number of benzene rings is 3. The molecule has 3 aromatic rings. The minimum Gasteiger partial charge on any atom is -0.367 e. The standard InChI is InChI=1S/C31H34ClF3N4O/c32-25-6-2-1-5-22(25)20-37-14-13-29(38-15-17-39(18-16-38)30-8-4-3-7-27(30)34)23(21-37)9-12-31(40)36-24-10-11-26(33)28(35)19-24/h1-8,10-11,19,23,29H,9,12-18,20-21H2,(H,36,40)/t23-,29+/m1/s1. The van der Waals surface area contributed by atoms with Gasteiger partial charge in [-0.3, -0.25) is 14.6 Å². The lowest BCUT2D eigenvalue weighted by Crippen LogP contribution is -2.56. The topological polar surface area (TPSA) is 38.8 Å². The van der Waals surface area contributed by atoms with E-state index in [1.807, 2.05) is 36.4 Å². The number of carbonyl (C=O) groups is 1. The van der Waals surface area contributed by atoms with Crippen molar-refractivity contribution in [3.63, 3.8) is 0 Å². The van der Waals surface area contributed by atoms with Gasteiger partial charge in [0.05, 0.1) is 5.69 Å². The molecule has 0 saturated carbocycles. The number of piperazine rings is 1. The molecule has 5 rings (SSSR count). The molecule has 1 amide bonds. The second-order valence-corrected chi connectivity index (χ2v) is 11.0. The van der Waals surface area contributed by atoms with Crippen LogP contribution in [-0.2, 0) is 11.3 Å². The maximum Gasteiger partial charge on any atom is 0.224 e. The van der Waals surface area contributed by atoms with E-state index in [1.54, 1.807) is 6.07 Å². The van der Waals surface area contributed by atoms with Crippen molar-refractivity contribution in [2.24, 2.45) is 5.92 Å². The number of para-hydroxylation sites is 1. The number of hydrogen-bond acceptors (Lipinski definition) is 4. The zero-order chi connectivity index (χ0) is 28.1. The van der Waals surface area contributed by atoms with Crippen LogP contribution < -0.4 is 10.2 Å². The van der Waals surface area contributed by atoms with Crippen LogP contribution in [-0.4, -0.2) is 61.0 Å². The van der Waals surface area contributed by atoms with Crippen LogP contribution in [0.15, 0.2) is 66.7 Å². The Bertz CT molecular complexity index is 1320. The van der Waals surface area contributed by atoms with Crippen LogP contribution >= 0.6 is 11.6 Å². The fourth-order valence-corrected chi connectivity index (χ4v) is 6.18. The molecular formula is C31H34ClF3N4O. The van der Waals surface area contributed by atoms with Crippen molar-refractivity contribution in [3.8, 4) is 0 Å². The average Bonchev–Trinajstić information content (AvgIpc) is 2.96. The van der Waals surface area contributed by atoms with Gasteiger partial charge < -0.3 is 10.2 Å². The molecule has 40 heavy (non-hydrogen) atoms. The highest BCUT2D eigenvalue weighted by Gasteiger charge is 2.35. The highest BCUT2D eigenvalue weighted by molar-refractivity contribution is 6.31. The SMILES string of the molecule is O=C(CC[C@@H]1CN(Cc2ccccc2Cl)CC[C@@H]1N1CCN(c2ccccc2F)CC1)Nc1ccc(F)c(F)c1. The number of halogens is 4. The summed E-state index contributed by atoms with van der Waals surface area (Å²) < 4.78 is 41.2.